The predicted molar refractivity (Wildman–Crippen MR) is 90.0 cm³/mol. The number of carbonyl (C=O) groups is 1. The predicted octanol–water partition coefficient (Wildman–Crippen LogP) is 4.30. The van der Waals surface area contributed by atoms with Gasteiger partial charge in [-0.15, -0.1) is 0 Å². The van der Waals surface area contributed by atoms with Gasteiger partial charge in [0.25, 0.3) is 5.91 Å². The van der Waals surface area contributed by atoms with Crippen LogP contribution in [0.5, 0.6) is 0 Å². The van der Waals surface area contributed by atoms with Crippen LogP contribution < -0.4 is 10.2 Å². The first-order valence-corrected chi connectivity index (χ1v) is 7.95. The number of hydrogen-bond donors (Lipinski definition) is 1. The third kappa shape index (κ3) is 3.10. The van der Waals surface area contributed by atoms with Gasteiger partial charge >= 0.3 is 0 Å². The van der Waals surface area contributed by atoms with Gasteiger partial charge in [0.1, 0.15) is 0 Å². The second kappa shape index (κ2) is 6.31. The first-order chi connectivity index (χ1) is 10.3. The van der Waals surface area contributed by atoms with Crippen LogP contribution >= 0.6 is 15.9 Å². The van der Waals surface area contributed by atoms with Gasteiger partial charge in [0.15, 0.2) is 0 Å². The number of rotatable bonds is 3. The third-order valence-corrected chi connectivity index (χ3v) is 4.41. The van der Waals surface area contributed by atoms with Gasteiger partial charge < -0.3 is 10.2 Å². The van der Waals surface area contributed by atoms with Crippen molar-refractivity contribution in [3.05, 3.63) is 58.6 Å². The molecule has 21 heavy (non-hydrogen) atoms. The third-order valence-electron chi connectivity index (χ3n) is 3.72. The number of amides is 1. The summed E-state index contributed by atoms with van der Waals surface area (Å²) in [5.41, 5.74) is 2.63. The van der Waals surface area contributed by atoms with Crippen molar-refractivity contribution in [2.75, 3.05) is 23.3 Å². The van der Waals surface area contributed by atoms with Crippen molar-refractivity contribution in [1.82, 2.24) is 0 Å². The Hall–Kier alpha value is -1.81. The van der Waals surface area contributed by atoms with Gasteiger partial charge in [-0.2, -0.15) is 0 Å². The van der Waals surface area contributed by atoms with Gasteiger partial charge in [-0.1, -0.05) is 24.3 Å². The molecule has 108 valence electrons. The van der Waals surface area contributed by atoms with E-state index >= 15 is 0 Å². The lowest BCUT2D eigenvalue weighted by Gasteiger charge is -2.21. The lowest BCUT2D eigenvalue weighted by Crippen LogP contribution is -2.21. The summed E-state index contributed by atoms with van der Waals surface area (Å²) in [7, 11) is 0. The second-order valence-corrected chi connectivity index (χ2v) is 6.00. The number of carbonyl (C=O) groups excluding carboxylic acids is 1. The van der Waals surface area contributed by atoms with Crippen molar-refractivity contribution in [3.63, 3.8) is 0 Å². The highest BCUT2D eigenvalue weighted by Gasteiger charge is 2.17. The van der Waals surface area contributed by atoms with Crippen LogP contribution in [0.1, 0.15) is 23.2 Å². The van der Waals surface area contributed by atoms with Crippen LogP contribution in [0.2, 0.25) is 0 Å². The Labute approximate surface area is 133 Å². The number of hydrogen-bond acceptors (Lipinski definition) is 2. The molecule has 1 aliphatic heterocycles. The molecule has 2 aromatic carbocycles. The fraction of sp³-hybridized carbons (Fsp3) is 0.235. The Morgan fingerprint density at radius 2 is 1.67 bits per heavy atom. The maximum Gasteiger partial charge on any atom is 0.256 e. The van der Waals surface area contributed by atoms with E-state index in [0.29, 0.717) is 5.56 Å². The number of anilines is 2. The van der Waals surface area contributed by atoms with E-state index in [2.05, 4.69) is 32.2 Å². The van der Waals surface area contributed by atoms with Crippen molar-refractivity contribution in [3.8, 4) is 0 Å². The topological polar surface area (TPSA) is 32.3 Å². The van der Waals surface area contributed by atoms with Crippen LogP contribution in [0.4, 0.5) is 11.4 Å². The number of halogens is 1. The molecular formula is C17H17BrN2O. The molecule has 1 amide bonds. The van der Waals surface area contributed by atoms with Crippen molar-refractivity contribution in [2.45, 2.75) is 12.8 Å². The Morgan fingerprint density at radius 1 is 1.00 bits per heavy atom. The number of para-hydroxylation sites is 2. The Bertz CT molecular complexity index is 651. The smallest absolute Gasteiger partial charge is 0.256 e. The molecule has 0 spiro atoms. The minimum Gasteiger partial charge on any atom is -0.370 e. The minimum atomic E-state index is -0.0888. The monoisotopic (exact) mass is 344 g/mol. The van der Waals surface area contributed by atoms with E-state index in [4.69, 9.17) is 0 Å². The average Bonchev–Trinajstić information content (AvgIpc) is 3.02. The maximum atomic E-state index is 12.4. The summed E-state index contributed by atoms with van der Waals surface area (Å²) in [5, 5.41) is 3.03. The van der Waals surface area contributed by atoms with Gasteiger partial charge in [0, 0.05) is 17.6 Å². The molecule has 0 atom stereocenters. The largest absolute Gasteiger partial charge is 0.370 e. The highest BCUT2D eigenvalue weighted by atomic mass is 79.9. The zero-order chi connectivity index (χ0) is 14.7. The Kier molecular flexibility index (Phi) is 4.25. The lowest BCUT2D eigenvalue weighted by atomic mass is 10.2. The molecule has 1 aliphatic rings. The molecule has 0 unspecified atom stereocenters. The van der Waals surface area contributed by atoms with Crippen LogP contribution in [0.25, 0.3) is 0 Å². The van der Waals surface area contributed by atoms with Gasteiger partial charge in [-0.3, -0.25) is 4.79 Å². The van der Waals surface area contributed by atoms with Crippen LogP contribution in [-0.2, 0) is 0 Å². The maximum absolute atomic E-state index is 12.4. The van der Waals surface area contributed by atoms with E-state index < -0.39 is 0 Å². The molecule has 3 rings (SSSR count). The first-order valence-electron chi connectivity index (χ1n) is 7.15. The van der Waals surface area contributed by atoms with E-state index in [1.54, 1.807) is 0 Å². The molecule has 1 N–H and O–H groups in total. The standard InChI is InChI=1S/C17H17BrN2O/c18-14-8-2-1-7-13(14)17(21)19-15-9-3-4-10-16(15)20-11-5-6-12-20/h1-4,7-10H,5-6,11-12H2,(H,19,21). The van der Waals surface area contributed by atoms with E-state index in [-0.39, 0.29) is 5.91 Å². The summed E-state index contributed by atoms with van der Waals surface area (Å²) < 4.78 is 0.807. The van der Waals surface area contributed by atoms with Crippen molar-refractivity contribution in [2.24, 2.45) is 0 Å². The van der Waals surface area contributed by atoms with Crippen molar-refractivity contribution in [1.29, 1.82) is 0 Å². The van der Waals surface area contributed by atoms with Crippen LogP contribution in [0, 0.1) is 0 Å². The Morgan fingerprint density at radius 3 is 2.43 bits per heavy atom. The molecule has 0 aromatic heterocycles. The molecule has 0 aliphatic carbocycles. The molecule has 1 heterocycles. The summed E-state index contributed by atoms with van der Waals surface area (Å²) in [4.78, 5) is 14.8. The number of benzene rings is 2. The van der Waals surface area contributed by atoms with Crippen LogP contribution in [0.3, 0.4) is 0 Å². The summed E-state index contributed by atoms with van der Waals surface area (Å²) in [6.07, 6.45) is 2.43. The normalized spacial score (nSPS) is 14.2. The molecule has 1 saturated heterocycles. The van der Waals surface area contributed by atoms with E-state index in [9.17, 15) is 4.79 Å². The fourth-order valence-electron chi connectivity index (χ4n) is 2.65. The number of nitrogens with zero attached hydrogens (tertiary/aromatic N) is 1. The van der Waals surface area contributed by atoms with Crippen molar-refractivity contribution >= 4 is 33.2 Å². The minimum absolute atomic E-state index is 0.0888. The number of nitrogens with one attached hydrogen (secondary N) is 1. The van der Waals surface area contributed by atoms with E-state index in [0.717, 1.165) is 28.9 Å². The molecule has 0 saturated carbocycles. The zero-order valence-electron chi connectivity index (χ0n) is 11.7. The SMILES string of the molecule is O=C(Nc1ccccc1N1CCCC1)c1ccccc1Br. The molecule has 0 bridgehead atoms. The summed E-state index contributed by atoms with van der Waals surface area (Å²) in [6.45, 7) is 2.11. The zero-order valence-corrected chi connectivity index (χ0v) is 13.3. The van der Waals surface area contributed by atoms with Crippen molar-refractivity contribution < 1.29 is 4.79 Å². The summed E-state index contributed by atoms with van der Waals surface area (Å²) >= 11 is 3.42. The average molecular weight is 345 g/mol. The highest BCUT2D eigenvalue weighted by Crippen LogP contribution is 2.29. The van der Waals surface area contributed by atoms with Crippen LogP contribution in [0.15, 0.2) is 53.0 Å². The highest BCUT2D eigenvalue weighted by molar-refractivity contribution is 9.10. The second-order valence-electron chi connectivity index (χ2n) is 5.15. The first kappa shape index (κ1) is 14.1. The molecule has 3 nitrogen and oxygen atoms in total. The lowest BCUT2D eigenvalue weighted by molar-refractivity contribution is 0.102. The molecule has 1 fully saturated rings. The quantitative estimate of drug-likeness (QED) is 0.900. The van der Waals surface area contributed by atoms with Gasteiger partial charge in [-0.05, 0) is 53.0 Å². The molecule has 2 aromatic rings. The summed E-state index contributed by atoms with van der Waals surface area (Å²) in [6, 6.07) is 15.5. The van der Waals surface area contributed by atoms with Crippen LogP contribution in [-0.4, -0.2) is 19.0 Å². The van der Waals surface area contributed by atoms with Gasteiger partial charge in [-0.25, -0.2) is 0 Å². The fourth-order valence-corrected chi connectivity index (χ4v) is 3.11. The summed E-state index contributed by atoms with van der Waals surface area (Å²) in [5.74, 6) is -0.0888. The van der Waals surface area contributed by atoms with Gasteiger partial charge in [0.2, 0.25) is 0 Å². The molecule has 0 radical (unpaired) electrons. The molecular weight excluding hydrogens is 328 g/mol. The molecule has 4 heteroatoms. The van der Waals surface area contributed by atoms with E-state index in [1.165, 1.54) is 12.8 Å². The van der Waals surface area contributed by atoms with E-state index in [1.807, 2.05) is 42.5 Å². The Balaban J connectivity index is 1.85. The van der Waals surface area contributed by atoms with Gasteiger partial charge in [0.05, 0.1) is 16.9 Å².